The Labute approximate surface area is 242 Å². The molecule has 0 aromatic heterocycles. The number of hydrogen-bond acceptors (Lipinski definition) is 6. The van der Waals surface area contributed by atoms with Crippen molar-refractivity contribution in [1.29, 1.82) is 0 Å². The first kappa shape index (κ1) is 26.1. The van der Waals surface area contributed by atoms with E-state index in [4.69, 9.17) is 19.3 Å². The van der Waals surface area contributed by atoms with Gasteiger partial charge >= 0.3 is 5.97 Å². The van der Waals surface area contributed by atoms with E-state index in [9.17, 15) is 4.79 Å². The molecule has 202 valence electrons. The van der Waals surface area contributed by atoms with Gasteiger partial charge in [-0.1, -0.05) is 47.5 Å². The molecule has 4 aromatic rings. The molecule has 2 atom stereocenters. The standard InChI is InChI=1S/C33H29BrN2O4/c1-2-3-20-38-26-16-10-22(11-17-26)29-21-30-28-6-4-5-7-31(28)40-32(36(30)35-29)23-12-18-27(19-13-23)39-33(37)24-8-14-25(34)15-9-24/h4-19,30,32H,2-3,20-21H2,1H3/t30-,32+/m1/s1. The van der Waals surface area contributed by atoms with Crippen molar-refractivity contribution in [3.8, 4) is 17.2 Å². The van der Waals surface area contributed by atoms with Crippen LogP contribution in [-0.2, 0) is 0 Å². The number of rotatable bonds is 8. The predicted octanol–water partition coefficient (Wildman–Crippen LogP) is 8.09. The van der Waals surface area contributed by atoms with Crippen LogP contribution in [0.1, 0.15) is 65.5 Å². The monoisotopic (exact) mass is 596 g/mol. The fourth-order valence-electron chi connectivity index (χ4n) is 4.96. The molecule has 2 aliphatic heterocycles. The molecule has 0 radical (unpaired) electrons. The van der Waals surface area contributed by atoms with Gasteiger partial charge in [-0.2, -0.15) is 5.10 Å². The van der Waals surface area contributed by atoms with Crippen molar-refractivity contribution in [2.45, 2.75) is 38.5 Å². The number of hydrazone groups is 1. The molecular formula is C33H29BrN2O4. The van der Waals surface area contributed by atoms with Gasteiger partial charge in [-0.05, 0) is 90.8 Å². The summed E-state index contributed by atoms with van der Waals surface area (Å²) in [4.78, 5) is 12.6. The number of unbranched alkanes of at least 4 members (excludes halogenated alkanes) is 1. The maximum absolute atomic E-state index is 12.6. The van der Waals surface area contributed by atoms with Crippen molar-refractivity contribution in [1.82, 2.24) is 5.01 Å². The summed E-state index contributed by atoms with van der Waals surface area (Å²) >= 11 is 3.38. The average molecular weight is 598 g/mol. The van der Waals surface area contributed by atoms with Crippen LogP contribution in [0.4, 0.5) is 0 Å². The lowest BCUT2D eigenvalue weighted by Crippen LogP contribution is -2.33. The van der Waals surface area contributed by atoms with Gasteiger partial charge in [0.25, 0.3) is 0 Å². The smallest absolute Gasteiger partial charge is 0.343 e. The summed E-state index contributed by atoms with van der Waals surface area (Å²) in [6, 6.07) is 30.9. The van der Waals surface area contributed by atoms with Gasteiger partial charge in [0.2, 0.25) is 6.23 Å². The molecule has 0 bridgehead atoms. The molecule has 40 heavy (non-hydrogen) atoms. The van der Waals surface area contributed by atoms with Gasteiger partial charge in [0.05, 0.1) is 23.9 Å². The van der Waals surface area contributed by atoms with E-state index in [2.05, 4.69) is 41.1 Å². The van der Waals surface area contributed by atoms with E-state index >= 15 is 0 Å². The first-order valence-electron chi connectivity index (χ1n) is 13.5. The zero-order chi connectivity index (χ0) is 27.5. The minimum atomic E-state index is -0.412. The van der Waals surface area contributed by atoms with E-state index < -0.39 is 12.2 Å². The molecule has 2 heterocycles. The van der Waals surface area contributed by atoms with Crippen LogP contribution in [0, 0.1) is 0 Å². The number of fused-ring (bicyclic) bond motifs is 3. The van der Waals surface area contributed by atoms with Crippen molar-refractivity contribution >= 4 is 27.6 Å². The van der Waals surface area contributed by atoms with Crippen LogP contribution in [0.15, 0.2) is 107 Å². The maximum Gasteiger partial charge on any atom is 0.343 e. The van der Waals surface area contributed by atoms with E-state index in [1.807, 2.05) is 59.6 Å². The topological polar surface area (TPSA) is 60.4 Å². The van der Waals surface area contributed by atoms with Gasteiger partial charge < -0.3 is 14.2 Å². The van der Waals surface area contributed by atoms with Crippen LogP contribution in [-0.4, -0.2) is 23.3 Å². The Hall–Kier alpha value is -4.10. The molecule has 2 aliphatic rings. The van der Waals surface area contributed by atoms with Gasteiger partial charge in [0.15, 0.2) is 0 Å². The Kier molecular flexibility index (Phi) is 7.55. The summed E-state index contributed by atoms with van der Waals surface area (Å²) < 4.78 is 18.8. The van der Waals surface area contributed by atoms with Crippen molar-refractivity contribution in [2.24, 2.45) is 5.10 Å². The molecule has 0 fully saturated rings. The minimum absolute atomic E-state index is 0.0559. The summed E-state index contributed by atoms with van der Waals surface area (Å²) in [7, 11) is 0. The molecule has 7 heteroatoms. The number of para-hydroxylation sites is 1. The largest absolute Gasteiger partial charge is 0.494 e. The number of carbonyl (C=O) groups is 1. The number of benzene rings is 4. The minimum Gasteiger partial charge on any atom is -0.494 e. The Morgan fingerprint density at radius 2 is 1.68 bits per heavy atom. The summed E-state index contributed by atoms with van der Waals surface area (Å²) in [5, 5.41) is 7.10. The number of hydrogen-bond donors (Lipinski definition) is 0. The highest BCUT2D eigenvalue weighted by Crippen LogP contribution is 2.47. The Morgan fingerprint density at radius 1 is 0.950 bits per heavy atom. The summed E-state index contributed by atoms with van der Waals surface area (Å²) in [5.74, 6) is 1.80. The molecule has 0 spiro atoms. The molecule has 0 N–H and O–H groups in total. The van der Waals surface area contributed by atoms with E-state index in [0.717, 1.165) is 64.2 Å². The zero-order valence-electron chi connectivity index (χ0n) is 22.1. The summed E-state index contributed by atoms with van der Waals surface area (Å²) in [6.07, 6.45) is 2.51. The van der Waals surface area contributed by atoms with Crippen LogP contribution in [0.3, 0.4) is 0 Å². The SMILES string of the molecule is CCCCOc1ccc(C2=NN3[C@H](C2)c2ccccc2O[C@H]3c2ccc(OC(=O)c3ccc(Br)cc3)cc2)cc1. The third-order valence-corrected chi connectivity index (χ3v) is 7.64. The van der Waals surface area contributed by atoms with Gasteiger partial charge in [-0.25, -0.2) is 9.80 Å². The average Bonchev–Trinajstić information content (AvgIpc) is 3.44. The van der Waals surface area contributed by atoms with Crippen molar-refractivity contribution in [3.63, 3.8) is 0 Å². The first-order chi connectivity index (χ1) is 19.6. The third kappa shape index (κ3) is 5.47. The number of halogens is 1. The number of nitrogens with zero attached hydrogens (tertiary/aromatic N) is 2. The van der Waals surface area contributed by atoms with Gasteiger partial charge in [0.1, 0.15) is 17.2 Å². The highest BCUT2D eigenvalue weighted by Gasteiger charge is 2.40. The van der Waals surface area contributed by atoms with E-state index in [0.29, 0.717) is 11.3 Å². The highest BCUT2D eigenvalue weighted by molar-refractivity contribution is 9.10. The lowest BCUT2D eigenvalue weighted by molar-refractivity contribution is -0.0190. The normalized spacial score (nSPS) is 17.4. The van der Waals surface area contributed by atoms with Crippen molar-refractivity contribution in [3.05, 3.63) is 124 Å². The second-order valence-electron chi connectivity index (χ2n) is 9.85. The number of ether oxygens (including phenoxy) is 3. The van der Waals surface area contributed by atoms with Crippen LogP contribution in [0.5, 0.6) is 17.2 Å². The van der Waals surface area contributed by atoms with Crippen LogP contribution in [0.25, 0.3) is 0 Å². The van der Waals surface area contributed by atoms with Crippen molar-refractivity contribution in [2.75, 3.05) is 6.61 Å². The van der Waals surface area contributed by atoms with Crippen LogP contribution < -0.4 is 14.2 Å². The second kappa shape index (κ2) is 11.6. The third-order valence-electron chi connectivity index (χ3n) is 7.11. The zero-order valence-corrected chi connectivity index (χ0v) is 23.7. The lowest BCUT2D eigenvalue weighted by Gasteiger charge is -2.38. The van der Waals surface area contributed by atoms with Gasteiger partial charge in [-0.15, -0.1) is 0 Å². The number of carbonyl (C=O) groups excluding carboxylic acids is 1. The van der Waals surface area contributed by atoms with Crippen LogP contribution >= 0.6 is 15.9 Å². The molecule has 4 aromatic carbocycles. The van der Waals surface area contributed by atoms with E-state index in [1.54, 1.807) is 24.3 Å². The quantitative estimate of drug-likeness (QED) is 0.117. The molecule has 0 saturated heterocycles. The Bertz CT molecular complexity index is 1520. The fraction of sp³-hybridized carbons (Fsp3) is 0.212. The van der Waals surface area contributed by atoms with E-state index in [-0.39, 0.29) is 6.04 Å². The van der Waals surface area contributed by atoms with Crippen LogP contribution in [0.2, 0.25) is 0 Å². The van der Waals surface area contributed by atoms with Gasteiger partial charge in [-0.3, -0.25) is 0 Å². The summed E-state index contributed by atoms with van der Waals surface area (Å²) in [5.41, 5.74) is 4.62. The lowest BCUT2D eigenvalue weighted by atomic mass is 9.96. The summed E-state index contributed by atoms with van der Waals surface area (Å²) in [6.45, 7) is 2.88. The fourth-order valence-corrected chi connectivity index (χ4v) is 5.22. The molecular weight excluding hydrogens is 568 g/mol. The Balaban J connectivity index is 1.23. The second-order valence-corrected chi connectivity index (χ2v) is 10.8. The molecule has 0 saturated carbocycles. The number of esters is 1. The van der Waals surface area contributed by atoms with E-state index in [1.165, 1.54) is 0 Å². The van der Waals surface area contributed by atoms with Crippen molar-refractivity contribution < 1.29 is 19.0 Å². The highest BCUT2D eigenvalue weighted by atomic mass is 79.9. The maximum atomic E-state index is 12.6. The predicted molar refractivity (Wildman–Crippen MR) is 158 cm³/mol. The molecule has 0 unspecified atom stereocenters. The molecule has 6 nitrogen and oxygen atoms in total. The Morgan fingerprint density at radius 3 is 2.42 bits per heavy atom. The molecule has 6 rings (SSSR count). The van der Waals surface area contributed by atoms with Gasteiger partial charge in [0, 0.05) is 22.0 Å². The molecule has 0 aliphatic carbocycles. The first-order valence-corrected chi connectivity index (χ1v) is 14.3. The molecule has 0 amide bonds.